The molecule has 1 N–H and O–H groups in total. The lowest BCUT2D eigenvalue weighted by Gasteiger charge is -2.32. The third-order valence-electron chi connectivity index (χ3n) is 4.27. The van der Waals surface area contributed by atoms with E-state index in [0.29, 0.717) is 12.5 Å². The van der Waals surface area contributed by atoms with Crippen LogP contribution in [0.15, 0.2) is 0 Å². The van der Waals surface area contributed by atoms with Crippen molar-refractivity contribution < 1.29 is 14.7 Å². The van der Waals surface area contributed by atoms with Crippen molar-refractivity contribution in [2.75, 3.05) is 19.6 Å². The first-order valence-electron chi connectivity index (χ1n) is 7.44. The Morgan fingerprint density at radius 3 is 2.40 bits per heavy atom. The van der Waals surface area contributed by atoms with Crippen LogP contribution < -0.4 is 0 Å². The summed E-state index contributed by atoms with van der Waals surface area (Å²) in [5, 5.41) is 8.87. The van der Waals surface area contributed by atoms with E-state index in [1.54, 1.807) is 11.8 Å². The van der Waals surface area contributed by atoms with Crippen molar-refractivity contribution in [3.63, 3.8) is 0 Å². The highest BCUT2D eigenvalue weighted by Gasteiger charge is 2.36. The van der Waals surface area contributed by atoms with E-state index in [4.69, 9.17) is 5.11 Å². The molecule has 5 heteroatoms. The minimum Gasteiger partial charge on any atom is -0.481 e. The Balaban J connectivity index is 2.66. The van der Waals surface area contributed by atoms with Gasteiger partial charge in [0, 0.05) is 25.7 Å². The fourth-order valence-electron chi connectivity index (χ4n) is 2.82. The van der Waals surface area contributed by atoms with Crippen molar-refractivity contribution in [1.82, 2.24) is 9.80 Å². The minimum absolute atomic E-state index is 0.00385. The molecule has 0 spiro atoms. The van der Waals surface area contributed by atoms with Gasteiger partial charge in [0.25, 0.3) is 0 Å². The molecule has 1 heterocycles. The lowest BCUT2D eigenvalue weighted by atomic mass is 9.80. The number of carbonyl (C=O) groups excluding carboxylic acids is 1. The highest BCUT2D eigenvalue weighted by Crippen LogP contribution is 2.34. The van der Waals surface area contributed by atoms with E-state index < -0.39 is 5.97 Å². The first kappa shape index (κ1) is 16.8. The van der Waals surface area contributed by atoms with E-state index in [-0.39, 0.29) is 23.9 Å². The molecule has 2 amide bonds. The summed E-state index contributed by atoms with van der Waals surface area (Å²) in [5.74, 6) is -0.349. The van der Waals surface area contributed by atoms with Crippen LogP contribution >= 0.6 is 0 Å². The molecule has 116 valence electrons. The second-order valence-electron chi connectivity index (χ2n) is 6.81. The second kappa shape index (κ2) is 6.46. The van der Waals surface area contributed by atoms with Gasteiger partial charge in [0.05, 0.1) is 6.42 Å². The number of likely N-dealkylation sites (tertiary alicyclic amines) is 1. The standard InChI is InChI=1S/C15H28N2O3/c1-6-17(11(2)9-13(18)19)14(20)16-8-7-12(10-16)15(3,4)5/h11-12H,6-10H2,1-5H3,(H,18,19). The van der Waals surface area contributed by atoms with Crippen molar-refractivity contribution in [3.8, 4) is 0 Å². The molecule has 2 unspecified atom stereocenters. The van der Waals surface area contributed by atoms with Crippen LogP contribution in [0.4, 0.5) is 4.79 Å². The zero-order valence-corrected chi connectivity index (χ0v) is 13.3. The molecule has 1 saturated heterocycles. The molecular weight excluding hydrogens is 256 g/mol. The highest BCUT2D eigenvalue weighted by atomic mass is 16.4. The Kier molecular flexibility index (Phi) is 5.42. The minimum atomic E-state index is -0.863. The third kappa shape index (κ3) is 4.12. The smallest absolute Gasteiger partial charge is 0.320 e. The van der Waals surface area contributed by atoms with E-state index in [1.807, 2.05) is 11.8 Å². The Morgan fingerprint density at radius 1 is 1.40 bits per heavy atom. The third-order valence-corrected chi connectivity index (χ3v) is 4.27. The summed E-state index contributed by atoms with van der Waals surface area (Å²) in [6, 6.07) is -0.285. The molecule has 1 fully saturated rings. The van der Waals surface area contributed by atoms with E-state index in [1.165, 1.54) is 0 Å². The molecule has 2 atom stereocenters. The van der Waals surface area contributed by atoms with Gasteiger partial charge in [-0.2, -0.15) is 0 Å². The van der Waals surface area contributed by atoms with Gasteiger partial charge in [-0.25, -0.2) is 4.79 Å². The van der Waals surface area contributed by atoms with Gasteiger partial charge in [0.2, 0.25) is 0 Å². The monoisotopic (exact) mass is 284 g/mol. The van der Waals surface area contributed by atoms with E-state index in [2.05, 4.69) is 20.8 Å². The van der Waals surface area contributed by atoms with Crippen LogP contribution in [-0.2, 0) is 4.79 Å². The molecule has 0 aromatic rings. The summed E-state index contributed by atoms with van der Waals surface area (Å²) >= 11 is 0. The maximum absolute atomic E-state index is 12.5. The van der Waals surface area contributed by atoms with Crippen molar-refractivity contribution in [3.05, 3.63) is 0 Å². The molecule has 1 aliphatic rings. The van der Waals surface area contributed by atoms with Gasteiger partial charge in [-0.3, -0.25) is 4.79 Å². The molecule has 0 aromatic carbocycles. The van der Waals surface area contributed by atoms with Gasteiger partial charge in [-0.1, -0.05) is 20.8 Å². The fourth-order valence-corrected chi connectivity index (χ4v) is 2.82. The van der Waals surface area contributed by atoms with Crippen LogP contribution in [-0.4, -0.2) is 52.6 Å². The predicted molar refractivity (Wildman–Crippen MR) is 78.6 cm³/mol. The summed E-state index contributed by atoms with van der Waals surface area (Å²) in [6.45, 7) is 12.4. The Morgan fingerprint density at radius 2 is 2.00 bits per heavy atom. The average molecular weight is 284 g/mol. The zero-order chi connectivity index (χ0) is 15.5. The number of hydrogen-bond acceptors (Lipinski definition) is 2. The van der Waals surface area contributed by atoms with Crippen LogP contribution in [0.1, 0.15) is 47.5 Å². The summed E-state index contributed by atoms with van der Waals surface area (Å²) in [6.07, 6.45) is 1.02. The quantitative estimate of drug-likeness (QED) is 0.863. The molecule has 0 saturated carbocycles. The molecule has 0 bridgehead atoms. The van der Waals surface area contributed by atoms with Crippen molar-refractivity contribution in [2.45, 2.75) is 53.5 Å². The molecule has 20 heavy (non-hydrogen) atoms. The van der Waals surface area contributed by atoms with Crippen LogP contribution in [0.2, 0.25) is 0 Å². The summed E-state index contributed by atoms with van der Waals surface area (Å²) in [5.41, 5.74) is 0.207. The molecule has 0 aromatic heterocycles. The maximum Gasteiger partial charge on any atom is 0.320 e. The molecule has 0 radical (unpaired) electrons. The maximum atomic E-state index is 12.5. The second-order valence-corrected chi connectivity index (χ2v) is 6.81. The number of amides is 2. The number of carbonyl (C=O) groups is 2. The lowest BCUT2D eigenvalue weighted by Crippen LogP contribution is -2.47. The van der Waals surface area contributed by atoms with Crippen LogP contribution in [0, 0.1) is 11.3 Å². The molecular formula is C15H28N2O3. The van der Waals surface area contributed by atoms with Crippen molar-refractivity contribution in [2.24, 2.45) is 11.3 Å². The highest BCUT2D eigenvalue weighted by molar-refractivity contribution is 5.76. The van der Waals surface area contributed by atoms with Gasteiger partial charge in [-0.15, -0.1) is 0 Å². The van der Waals surface area contributed by atoms with Crippen molar-refractivity contribution in [1.29, 1.82) is 0 Å². The Bertz CT molecular complexity index is 363. The van der Waals surface area contributed by atoms with Crippen LogP contribution in [0.5, 0.6) is 0 Å². The van der Waals surface area contributed by atoms with Gasteiger partial charge in [0.1, 0.15) is 0 Å². The van der Waals surface area contributed by atoms with Crippen molar-refractivity contribution >= 4 is 12.0 Å². The van der Waals surface area contributed by atoms with Gasteiger partial charge in [-0.05, 0) is 31.6 Å². The number of aliphatic carboxylic acids is 1. The predicted octanol–water partition coefficient (Wildman–Crippen LogP) is 2.66. The number of carboxylic acids is 1. The van der Waals surface area contributed by atoms with Gasteiger partial charge >= 0.3 is 12.0 Å². The number of rotatable bonds is 4. The van der Waals surface area contributed by atoms with Gasteiger partial charge < -0.3 is 14.9 Å². The van der Waals surface area contributed by atoms with E-state index in [0.717, 1.165) is 19.5 Å². The molecule has 0 aliphatic carbocycles. The topological polar surface area (TPSA) is 60.9 Å². The van der Waals surface area contributed by atoms with Crippen LogP contribution in [0.25, 0.3) is 0 Å². The van der Waals surface area contributed by atoms with Crippen LogP contribution in [0.3, 0.4) is 0 Å². The SMILES string of the molecule is CCN(C(=O)N1CCC(C(C)(C)C)C1)C(C)CC(=O)O. The first-order valence-corrected chi connectivity index (χ1v) is 7.44. The normalized spacial score (nSPS) is 20.9. The zero-order valence-electron chi connectivity index (χ0n) is 13.3. The average Bonchev–Trinajstić information content (AvgIpc) is 2.77. The lowest BCUT2D eigenvalue weighted by molar-refractivity contribution is -0.138. The summed E-state index contributed by atoms with van der Waals surface area (Å²) in [4.78, 5) is 26.9. The summed E-state index contributed by atoms with van der Waals surface area (Å²) in [7, 11) is 0. The fraction of sp³-hybridized carbons (Fsp3) is 0.867. The number of carboxylic acid groups (broad SMARTS) is 1. The Labute approximate surface area is 121 Å². The molecule has 5 nitrogen and oxygen atoms in total. The largest absolute Gasteiger partial charge is 0.481 e. The first-order chi connectivity index (χ1) is 9.16. The summed E-state index contributed by atoms with van der Waals surface area (Å²) < 4.78 is 0. The molecule has 1 rings (SSSR count). The van der Waals surface area contributed by atoms with E-state index >= 15 is 0 Å². The Hall–Kier alpha value is -1.26. The number of nitrogens with zero attached hydrogens (tertiary/aromatic N) is 2. The molecule has 1 aliphatic heterocycles. The van der Waals surface area contributed by atoms with Gasteiger partial charge in [0.15, 0.2) is 0 Å². The number of urea groups is 1. The number of hydrogen-bond donors (Lipinski definition) is 1. The van der Waals surface area contributed by atoms with E-state index in [9.17, 15) is 9.59 Å².